The van der Waals surface area contributed by atoms with Crippen LogP contribution in [-0.4, -0.2) is 17.3 Å². The van der Waals surface area contributed by atoms with Crippen molar-refractivity contribution in [1.29, 1.82) is 0 Å². The van der Waals surface area contributed by atoms with E-state index in [1.807, 2.05) is 12.1 Å². The normalized spacial score (nSPS) is 10.8. The molecule has 0 saturated carbocycles. The number of carbonyl (C=O) groups is 1. The molecule has 0 aromatic heterocycles. The molecule has 0 aliphatic rings. The van der Waals surface area contributed by atoms with Gasteiger partial charge in [0.1, 0.15) is 0 Å². The first kappa shape index (κ1) is 13.3. The van der Waals surface area contributed by atoms with Gasteiger partial charge in [-0.2, -0.15) is 11.8 Å². The molecule has 1 aromatic rings. The Morgan fingerprint density at radius 2 is 1.88 bits per heavy atom. The van der Waals surface area contributed by atoms with Crippen molar-refractivity contribution in [2.75, 3.05) is 11.5 Å². The fourth-order valence-corrected chi connectivity index (χ4v) is 2.23. The van der Waals surface area contributed by atoms with Gasteiger partial charge in [-0.25, -0.2) is 0 Å². The van der Waals surface area contributed by atoms with Gasteiger partial charge in [0.25, 0.3) is 0 Å². The Kier molecular flexibility index (Phi) is 5.61. The molecule has 0 bridgehead atoms. The Balaban J connectivity index is 2.56. The highest BCUT2D eigenvalue weighted by molar-refractivity contribution is 7.99. The van der Waals surface area contributed by atoms with E-state index < -0.39 is 0 Å². The monoisotopic (exact) mass is 236 g/mol. The van der Waals surface area contributed by atoms with E-state index in [1.165, 1.54) is 5.56 Å². The smallest absolute Gasteiger partial charge is 0.172 e. The lowest BCUT2D eigenvalue weighted by molar-refractivity contribution is 0.102. The Morgan fingerprint density at radius 3 is 2.38 bits per heavy atom. The van der Waals surface area contributed by atoms with E-state index in [4.69, 9.17) is 0 Å². The standard InChI is InChI=1S/C14H20OS/c1-4-9-16-10-14(15)13-7-5-12(6-8-13)11(2)3/h5-8,11H,4,9-10H2,1-3H3. The lowest BCUT2D eigenvalue weighted by Crippen LogP contribution is -2.03. The molecular weight excluding hydrogens is 216 g/mol. The second-order valence-electron chi connectivity index (χ2n) is 4.25. The summed E-state index contributed by atoms with van der Waals surface area (Å²) in [5, 5.41) is 0. The summed E-state index contributed by atoms with van der Waals surface area (Å²) >= 11 is 1.72. The summed E-state index contributed by atoms with van der Waals surface area (Å²) in [4.78, 5) is 11.8. The number of rotatable bonds is 6. The molecule has 2 heteroatoms. The Labute approximate surface area is 103 Å². The molecule has 1 aromatic carbocycles. The number of carbonyl (C=O) groups excluding carboxylic acids is 1. The number of hydrogen-bond donors (Lipinski definition) is 0. The molecule has 0 unspecified atom stereocenters. The van der Waals surface area contributed by atoms with E-state index in [-0.39, 0.29) is 5.78 Å². The highest BCUT2D eigenvalue weighted by Gasteiger charge is 2.06. The van der Waals surface area contributed by atoms with E-state index in [0.29, 0.717) is 11.7 Å². The van der Waals surface area contributed by atoms with Crippen LogP contribution in [0.5, 0.6) is 0 Å². The summed E-state index contributed by atoms with van der Waals surface area (Å²) in [6.07, 6.45) is 1.13. The first-order valence-electron chi connectivity index (χ1n) is 5.86. The number of Topliss-reactive ketones (excluding diaryl/α,β-unsaturated/α-hetero) is 1. The molecule has 0 heterocycles. The number of ketones is 1. The third-order valence-corrected chi connectivity index (χ3v) is 3.64. The summed E-state index contributed by atoms with van der Waals surface area (Å²) in [6.45, 7) is 6.46. The molecule has 0 N–H and O–H groups in total. The maximum atomic E-state index is 11.8. The largest absolute Gasteiger partial charge is 0.293 e. The van der Waals surface area contributed by atoms with Crippen molar-refractivity contribution in [1.82, 2.24) is 0 Å². The van der Waals surface area contributed by atoms with Crippen molar-refractivity contribution in [3.63, 3.8) is 0 Å². The van der Waals surface area contributed by atoms with Gasteiger partial charge in [0.2, 0.25) is 0 Å². The van der Waals surface area contributed by atoms with Gasteiger partial charge in [0, 0.05) is 5.56 Å². The van der Waals surface area contributed by atoms with Crippen molar-refractivity contribution >= 4 is 17.5 Å². The van der Waals surface area contributed by atoms with E-state index in [9.17, 15) is 4.79 Å². The Bertz CT molecular complexity index is 327. The molecule has 0 aliphatic carbocycles. The molecule has 88 valence electrons. The maximum Gasteiger partial charge on any atom is 0.172 e. The minimum absolute atomic E-state index is 0.244. The fourth-order valence-electron chi connectivity index (χ4n) is 1.45. The zero-order valence-corrected chi connectivity index (χ0v) is 11.1. The lowest BCUT2D eigenvalue weighted by atomic mass is 10.0. The molecule has 1 nitrogen and oxygen atoms in total. The van der Waals surface area contributed by atoms with E-state index in [0.717, 1.165) is 17.7 Å². The zero-order valence-electron chi connectivity index (χ0n) is 10.3. The van der Waals surface area contributed by atoms with E-state index in [2.05, 4.69) is 32.9 Å². The molecule has 0 aliphatic heterocycles. The van der Waals surface area contributed by atoms with Gasteiger partial charge in [0.15, 0.2) is 5.78 Å². The maximum absolute atomic E-state index is 11.8. The van der Waals surface area contributed by atoms with Crippen molar-refractivity contribution in [3.05, 3.63) is 35.4 Å². The molecule has 1 rings (SSSR count). The molecule has 0 atom stereocenters. The Hall–Kier alpha value is -0.760. The van der Waals surface area contributed by atoms with Crippen LogP contribution in [0.1, 0.15) is 49.0 Å². The molecule has 0 amide bonds. The third kappa shape index (κ3) is 4.01. The highest BCUT2D eigenvalue weighted by Crippen LogP contribution is 2.16. The second kappa shape index (κ2) is 6.74. The van der Waals surface area contributed by atoms with Crippen LogP contribution >= 0.6 is 11.8 Å². The average Bonchev–Trinajstić information content (AvgIpc) is 2.29. The minimum atomic E-state index is 0.244. The van der Waals surface area contributed by atoms with Crippen LogP contribution in [0.4, 0.5) is 0 Å². The van der Waals surface area contributed by atoms with Crippen LogP contribution in [0, 0.1) is 0 Å². The first-order valence-corrected chi connectivity index (χ1v) is 7.01. The Morgan fingerprint density at radius 1 is 1.25 bits per heavy atom. The van der Waals surface area contributed by atoms with Crippen LogP contribution in [0.15, 0.2) is 24.3 Å². The van der Waals surface area contributed by atoms with E-state index >= 15 is 0 Å². The third-order valence-electron chi connectivity index (χ3n) is 2.48. The molecular formula is C14H20OS. The predicted molar refractivity (Wildman–Crippen MR) is 72.5 cm³/mol. The average molecular weight is 236 g/mol. The quantitative estimate of drug-likeness (QED) is 0.545. The van der Waals surface area contributed by atoms with Gasteiger partial charge in [-0.15, -0.1) is 0 Å². The van der Waals surface area contributed by atoms with Gasteiger partial charge in [-0.05, 0) is 23.7 Å². The first-order chi connectivity index (χ1) is 7.65. The van der Waals surface area contributed by atoms with Gasteiger partial charge in [0.05, 0.1) is 5.75 Å². The van der Waals surface area contributed by atoms with Crippen LogP contribution in [0.3, 0.4) is 0 Å². The van der Waals surface area contributed by atoms with Crippen LogP contribution < -0.4 is 0 Å². The van der Waals surface area contributed by atoms with Crippen molar-refractivity contribution < 1.29 is 4.79 Å². The molecule has 0 fully saturated rings. The van der Waals surface area contributed by atoms with Crippen LogP contribution in [0.25, 0.3) is 0 Å². The van der Waals surface area contributed by atoms with Crippen LogP contribution in [-0.2, 0) is 0 Å². The predicted octanol–water partition coefficient (Wildman–Crippen LogP) is 4.14. The molecule has 0 saturated heterocycles. The minimum Gasteiger partial charge on any atom is -0.293 e. The second-order valence-corrected chi connectivity index (χ2v) is 5.36. The number of benzene rings is 1. The highest BCUT2D eigenvalue weighted by atomic mass is 32.2. The summed E-state index contributed by atoms with van der Waals surface area (Å²) in [6, 6.07) is 8.01. The summed E-state index contributed by atoms with van der Waals surface area (Å²) in [5.41, 5.74) is 2.13. The molecule has 0 radical (unpaired) electrons. The van der Waals surface area contributed by atoms with Gasteiger partial charge < -0.3 is 0 Å². The van der Waals surface area contributed by atoms with Crippen LogP contribution in [0.2, 0.25) is 0 Å². The topological polar surface area (TPSA) is 17.1 Å². The fraction of sp³-hybridized carbons (Fsp3) is 0.500. The SMILES string of the molecule is CCCSCC(=O)c1ccc(C(C)C)cc1. The zero-order chi connectivity index (χ0) is 12.0. The van der Waals surface area contributed by atoms with Crippen molar-refractivity contribution in [2.24, 2.45) is 0 Å². The van der Waals surface area contributed by atoms with Crippen molar-refractivity contribution in [2.45, 2.75) is 33.1 Å². The number of thioether (sulfide) groups is 1. The summed E-state index contributed by atoms with van der Waals surface area (Å²) in [7, 11) is 0. The summed E-state index contributed by atoms with van der Waals surface area (Å²) < 4.78 is 0. The number of hydrogen-bond acceptors (Lipinski definition) is 2. The van der Waals surface area contributed by atoms with Gasteiger partial charge in [-0.1, -0.05) is 45.0 Å². The lowest BCUT2D eigenvalue weighted by Gasteiger charge is -2.06. The molecule has 16 heavy (non-hydrogen) atoms. The van der Waals surface area contributed by atoms with Gasteiger partial charge >= 0.3 is 0 Å². The van der Waals surface area contributed by atoms with Gasteiger partial charge in [-0.3, -0.25) is 4.79 Å². The van der Waals surface area contributed by atoms with Crippen molar-refractivity contribution in [3.8, 4) is 0 Å². The molecule has 0 spiro atoms. The van der Waals surface area contributed by atoms with E-state index in [1.54, 1.807) is 11.8 Å². The summed E-state index contributed by atoms with van der Waals surface area (Å²) in [5.74, 6) is 2.44.